The van der Waals surface area contributed by atoms with Gasteiger partial charge in [-0.3, -0.25) is 4.79 Å². The Kier molecular flexibility index (Phi) is 5.12. The molecule has 15 heavy (non-hydrogen) atoms. The van der Waals surface area contributed by atoms with Crippen LogP contribution in [0.5, 0.6) is 0 Å². The van der Waals surface area contributed by atoms with Crippen LogP contribution in [0.3, 0.4) is 0 Å². The molecule has 0 saturated carbocycles. The smallest absolute Gasteiger partial charge is 0.224 e. The van der Waals surface area contributed by atoms with Gasteiger partial charge in [0.25, 0.3) is 0 Å². The van der Waals surface area contributed by atoms with Crippen molar-refractivity contribution < 1.29 is 4.79 Å². The van der Waals surface area contributed by atoms with Crippen molar-refractivity contribution >= 4 is 39.1 Å². The van der Waals surface area contributed by atoms with Gasteiger partial charge in [-0.25, -0.2) is 0 Å². The van der Waals surface area contributed by atoms with Crippen LogP contribution in [-0.4, -0.2) is 5.91 Å². The summed E-state index contributed by atoms with van der Waals surface area (Å²) < 4.78 is 0.829. The molecule has 0 radical (unpaired) electrons. The number of carbonyl (C=O) groups is 1. The van der Waals surface area contributed by atoms with Crippen molar-refractivity contribution in [1.82, 2.24) is 0 Å². The van der Waals surface area contributed by atoms with Crippen LogP contribution in [0.4, 0.5) is 5.69 Å². The molecule has 1 aromatic carbocycles. The first-order valence-electron chi connectivity index (χ1n) is 4.88. The zero-order valence-corrected chi connectivity index (χ0v) is 10.9. The van der Waals surface area contributed by atoms with Gasteiger partial charge in [-0.05, 0) is 40.5 Å². The van der Waals surface area contributed by atoms with Crippen molar-refractivity contribution in [2.75, 3.05) is 5.32 Å². The average molecular weight is 291 g/mol. The number of amides is 1. The lowest BCUT2D eigenvalue weighted by atomic mass is 10.2. The fourth-order valence-corrected chi connectivity index (χ4v) is 1.56. The normalized spacial score (nSPS) is 10.1. The minimum absolute atomic E-state index is 0.0373. The van der Waals surface area contributed by atoms with Crippen molar-refractivity contribution in [3.05, 3.63) is 27.7 Å². The van der Waals surface area contributed by atoms with E-state index in [2.05, 4.69) is 28.2 Å². The molecule has 0 bridgehead atoms. The van der Waals surface area contributed by atoms with E-state index in [4.69, 9.17) is 11.6 Å². The number of hydrogen-bond donors (Lipinski definition) is 1. The van der Waals surface area contributed by atoms with Crippen LogP contribution in [-0.2, 0) is 4.79 Å². The van der Waals surface area contributed by atoms with Crippen molar-refractivity contribution in [1.29, 1.82) is 0 Å². The summed E-state index contributed by atoms with van der Waals surface area (Å²) in [6.07, 6.45) is 2.49. The van der Waals surface area contributed by atoms with Gasteiger partial charge < -0.3 is 5.32 Å². The van der Waals surface area contributed by atoms with Crippen LogP contribution in [0.1, 0.15) is 26.2 Å². The number of unbranched alkanes of at least 4 members (excludes halogenated alkanes) is 1. The van der Waals surface area contributed by atoms with E-state index in [0.717, 1.165) is 23.0 Å². The van der Waals surface area contributed by atoms with E-state index in [1.165, 1.54) is 0 Å². The summed E-state index contributed by atoms with van der Waals surface area (Å²) in [6, 6.07) is 5.37. The molecule has 1 rings (SSSR count). The fourth-order valence-electron chi connectivity index (χ4n) is 1.13. The predicted molar refractivity (Wildman–Crippen MR) is 67.3 cm³/mol. The highest BCUT2D eigenvalue weighted by Crippen LogP contribution is 2.25. The highest BCUT2D eigenvalue weighted by atomic mass is 79.9. The van der Waals surface area contributed by atoms with Gasteiger partial charge in [0.1, 0.15) is 0 Å². The molecule has 0 aliphatic carbocycles. The molecule has 82 valence electrons. The molecule has 0 heterocycles. The second-order valence-corrected chi connectivity index (χ2v) is 4.54. The standard InChI is InChI=1S/C11H13BrClNO/c1-2-3-4-11(15)14-8-5-6-9(12)10(13)7-8/h5-7H,2-4H2,1H3,(H,14,15). The summed E-state index contributed by atoms with van der Waals surface area (Å²) in [5.41, 5.74) is 0.740. The Morgan fingerprint density at radius 3 is 2.87 bits per heavy atom. The van der Waals surface area contributed by atoms with Crippen LogP contribution in [0.25, 0.3) is 0 Å². The maximum absolute atomic E-state index is 11.4. The van der Waals surface area contributed by atoms with Crippen molar-refractivity contribution in [3.8, 4) is 0 Å². The summed E-state index contributed by atoms with van der Waals surface area (Å²) in [5.74, 6) is 0.0373. The van der Waals surface area contributed by atoms with E-state index >= 15 is 0 Å². The topological polar surface area (TPSA) is 29.1 Å². The molecule has 0 atom stereocenters. The highest BCUT2D eigenvalue weighted by Gasteiger charge is 2.03. The Balaban J connectivity index is 2.57. The maximum atomic E-state index is 11.4. The largest absolute Gasteiger partial charge is 0.326 e. The molecule has 1 amide bonds. The number of benzene rings is 1. The number of anilines is 1. The molecule has 1 N–H and O–H groups in total. The SMILES string of the molecule is CCCCC(=O)Nc1ccc(Br)c(Cl)c1. The number of halogens is 2. The van der Waals surface area contributed by atoms with E-state index in [1.807, 2.05) is 12.1 Å². The van der Waals surface area contributed by atoms with Crippen LogP contribution < -0.4 is 5.32 Å². The molecule has 0 saturated heterocycles. The summed E-state index contributed by atoms with van der Waals surface area (Å²) in [6.45, 7) is 2.06. The highest BCUT2D eigenvalue weighted by molar-refractivity contribution is 9.10. The number of hydrogen-bond acceptors (Lipinski definition) is 1. The summed E-state index contributed by atoms with van der Waals surface area (Å²) >= 11 is 9.20. The third-order valence-electron chi connectivity index (χ3n) is 1.96. The van der Waals surface area contributed by atoms with E-state index in [1.54, 1.807) is 6.07 Å². The first kappa shape index (κ1) is 12.5. The lowest BCUT2D eigenvalue weighted by Crippen LogP contribution is -2.10. The first-order valence-corrected chi connectivity index (χ1v) is 6.05. The van der Waals surface area contributed by atoms with Crippen molar-refractivity contribution in [2.24, 2.45) is 0 Å². The number of nitrogens with one attached hydrogen (secondary N) is 1. The second kappa shape index (κ2) is 6.13. The van der Waals surface area contributed by atoms with E-state index in [0.29, 0.717) is 11.4 Å². The van der Waals surface area contributed by atoms with Gasteiger partial charge in [0.05, 0.1) is 5.02 Å². The molecule has 0 unspecified atom stereocenters. The van der Waals surface area contributed by atoms with E-state index in [-0.39, 0.29) is 5.91 Å². The maximum Gasteiger partial charge on any atom is 0.224 e. The summed E-state index contributed by atoms with van der Waals surface area (Å²) in [5, 5.41) is 3.40. The molecule has 0 aliphatic rings. The second-order valence-electron chi connectivity index (χ2n) is 3.28. The van der Waals surface area contributed by atoms with E-state index < -0.39 is 0 Å². The zero-order valence-electron chi connectivity index (χ0n) is 8.52. The Labute approximate surface area is 103 Å². The van der Waals surface area contributed by atoms with Gasteiger partial charge in [0.2, 0.25) is 5.91 Å². The first-order chi connectivity index (χ1) is 7.13. The van der Waals surface area contributed by atoms with Crippen molar-refractivity contribution in [3.63, 3.8) is 0 Å². The van der Waals surface area contributed by atoms with Gasteiger partial charge in [0, 0.05) is 16.6 Å². The molecule has 0 spiro atoms. The monoisotopic (exact) mass is 289 g/mol. The Morgan fingerprint density at radius 2 is 2.27 bits per heavy atom. The molecule has 4 heteroatoms. The van der Waals surface area contributed by atoms with Gasteiger partial charge >= 0.3 is 0 Å². The Hall–Kier alpha value is -0.540. The minimum atomic E-state index is 0.0373. The molecule has 0 aliphatic heterocycles. The average Bonchev–Trinajstić information content (AvgIpc) is 2.20. The molecule has 1 aromatic rings. The quantitative estimate of drug-likeness (QED) is 0.883. The minimum Gasteiger partial charge on any atom is -0.326 e. The predicted octanol–water partition coefficient (Wildman–Crippen LogP) is 4.23. The number of carbonyl (C=O) groups excluding carboxylic acids is 1. The van der Waals surface area contributed by atoms with Gasteiger partial charge in [-0.1, -0.05) is 24.9 Å². The Morgan fingerprint density at radius 1 is 1.53 bits per heavy atom. The lowest BCUT2D eigenvalue weighted by molar-refractivity contribution is -0.116. The van der Waals surface area contributed by atoms with Crippen LogP contribution in [0.15, 0.2) is 22.7 Å². The Bertz CT molecular complexity index is 354. The molecule has 0 fully saturated rings. The van der Waals surface area contributed by atoms with Crippen LogP contribution >= 0.6 is 27.5 Å². The lowest BCUT2D eigenvalue weighted by Gasteiger charge is -2.05. The van der Waals surface area contributed by atoms with E-state index in [9.17, 15) is 4.79 Å². The summed E-state index contributed by atoms with van der Waals surface area (Å²) in [7, 11) is 0. The molecular formula is C11H13BrClNO. The van der Waals surface area contributed by atoms with Crippen LogP contribution in [0, 0.1) is 0 Å². The fraction of sp³-hybridized carbons (Fsp3) is 0.364. The van der Waals surface area contributed by atoms with Crippen LogP contribution in [0.2, 0.25) is 5.02 Å². The third-order valence-corrected chi connectivity index (χ3v) is 3.19. The molecular weight excluding hydrogens is 277 g/mol. The summed E-state index contributed by atoms with van der Waals surface area (Å²) in [4.78, 5) is 11.4. The van der Waals surface area contributed by atoms with Crippen molar-refractivity contribution in [2.45, 2.75) is 26.2 Å². The van der Waals surface area contributed by atoms with Gasteiger partial charge in [-0.2, -0.15) is 0 Å². The van der Waals surface area contributed by atoms with Gasteiger partial charge in [-0.15, -0.1) is 0 Å². The molecule has 2 nitrogen and oxygen atoms in total. The third kappa shape index (κ3) is 4.22. The zero-order chi connectivity index (χ0) is 11.3. The molecule has 0 aromatic heterocycles. The number of rotatable bonds is 4. The van der Waals surface area contributed by atoms with Gasteiger partial charge in [0.15, 0.2) is 0 Å².